The molecule has 0 bridgehead atoms. The Bertz CT molecular complexity index is 720. The van der Waals surface area contributed by atoms with Gasteiger partial charge in [-0.15, -0.1) is 0 Å². The monoisotopic (exact) mass is 389 g/mol. The first-order valence-electron chi connectivity index (χ1n) is 9.90. The number of carbonyl (C=O) groups is 2. The van der Waals surface area contributed by atoms with Gasteiger partial charge < -0.3 is 24.0 Å². The normalized spacial score (nSPS) is 24.9. The van der Waals surface area contributed by atoms with Gasteiger partial charge in [-0.2, -0.15) is 0 Å². The van der Waals surface area contributed by atoms with Crippen molar-refractivity contribution in [2.45, 2.75) is 25.0 Å². The molecule has 8 heteroatoms. The number of amides is 2. The zero-order valence-corrected chi connectivity index (χ0v) is 16.2. The fraction of sp³-hybridized carbons (Fsp3) is 0.600. The van der Waals surface area contributed by atoms with Crippen LogP contribution in [0.4, 0.5) is 4.79 Å². The number of ether oxygens (including phenoxy) is 3. The van der Waals surface area contributed by atoms with Gasteiger partial charge in [0, 0.05) is 39.3 Å². The van der Waals surface area contributed by atoms with Crippen LogP contribution in [0.3, 0.4) is 0 Å². The van der Waals surface area contributed by atoms with Gasteiger partial charge in [0.05, 0.1) is 7.11 Å². The summed E-state index contributed by atoms with van der Waals surface area (Å²) in [6.07, 6.45) is 1.50. The summed E-state index contributed by atoms with van der Waals surface area (Å²) in [5, 5.41) is 0. The topological polar surface area (TPSA) is 71.6 Å². The number of carbonyl (C=O) groups excluding carboxylic acids is 2. The van der Waals surface area contributed by atoms with Crippen molar-refractivity contribution < 1.29 is 23.8 Å². The minimum absolute atomic E-state index is 0.0144. The second kappa shape index (κ2) is 8.26. The summed E-state index contributed by atoms with van der Waals surface area (Å²) in [5.74, 6) is 1.26. The van der Waals surface area contributed by atoms with Gasteiger partial charge in [0.2, 0.25) is 0 Å². The fourth-order valence-electron chi connectivity index (χ4n) is 4.12. The minimum atomic E-state index is -0.441. The molecule has 0 N–H and O–H groups in total. The van der Waals surface area contributed by atoms with Crippen molar-refractivity contribution in [3.63, 3.8) is 0 Å². The molecule has 4 rings (SSSR count). The van der Waals surface area contributed by atoms with Crippen LogP contribution in [-0.2, 0) is 9.53 Å². The molecular weight excluding hydrogens is 362 g/mol. The first-order valence-corrected chi connectivity index (χ1v) is 9.90. The number of esters is 1. The maximum atomic E-state index is 12.8. The molecule has 2 unspecified atom stereocenters. The molecule has 8 nitrogen and oxygen atoms in total. The molecule has 152 valence electrons. The number of hydrogen-bond acceptors (Lipinski definition) is 6. The van der Waals surface area contributed by atoms with Gasteiger partial charge in [-0.25, -0.2) is 9.59 Å². The number of nitrogens with zero attached hydrogens (tertiary/aromatic N) is 3. The number of likely N-dealkylation sites (tertiary alicyclic amines) is 1. The SMILES string of the molecule is COC(=O)C1CCCN1C(=O)N1CCN(CC2COc3ccccc3O2)CC1. The molecule has 2 atom stereocenters. The Morgan fingerprint density at radius 2 is 1.86 bits per heavy atom. The van der Waals surface area contributed by atoms with E-state index >= 15 is 0 Å². The summed E-state index contributed by atoms with van der Waals surface area (Å²) in [5.41, 5.74) is 0. The van der Waals surface area contributed by atoms with E-state index in [1.807, 2.05) is 29.2 Å². The average molecular weight is 389 g/mol. The molecular formula is C20H27N3O5. The molecule has 3 aliphatic rings. The van der Waals surface area contributed by atoms with Gasteiger partial charge in [0.25, 0.3) is 0 Å². The van der Waals surface area contributed by atoms with Gasteiger partial charge in [0.15, 0.2) is 11.5 Å². The third-order valence-electron chi connectivity index (χ3n) is 5.64. The molecule has 0 aromatic heterocycles. The summed E-state index contributed by atoms with van der Waals surface area (Å²) < 4.78 is 16.7. The van der Waals surface area contributed by atoms with Gasteiger partial charge >= 0.3 is 12.0 Å². The highest BCUT2D eigenvalue weighted by Crippen LogP contribution is 2.31. The number of hydrogen-bond donors (Lipinski definition) is 0. The van der Waals surface area contributed by atoms with Gasteiger partial charge in [0.1, 0.15) is 18.8 Å². The summed E-state index contributed by atoms with van der Waals surface area (Å²) >= 11 is 0. The van der Waals surface area contributed by atoms with E-state index in [0.717, 1.165) is 37.6 Å². The van der Waals surface area contributed by atoms with Crippen LogP contribution in [0.25, 0.3) is 0 Å². The van der Waals surface area contributed by atoms with E-state index in [9.17, 15) is 9.59 Å². The number of urea groups is 1. The Balaban J connectivity index is 1.27. The number of rotatable bonds is 3. The van der Waals surface area contributed by atoms with E-state index in [0.29, 0.717) is 32.7 Å². The predicted molar refractivity (Wildman–Crippen MR) is 102 cm³/mol. The first kappa shape index (κ1) is 18.9. The largest absolute Gasteiger partial charge is 0.486 e. The second-order valence-electron chi connectivity index (χ2n) is 7.44. The Labute approximate surface area is 164 Å². The Kier molecular flexibility index (Phi) is 5.57. The Hall–Kier alpha value is -2.48. The van der Waals surface area contributed by atoms with Crippen molar-refractivity contribution in [1.29, 1.82) is 0 Å². The number of benzene rings is 1. The molecule has 2 saturated heterocycles. The molecule has 2 fully saturated rings. The highest BCUT2D eigenvalue weighted by Gasteiger charge is 2.38. The molecule has 1 aromatic carbocycles. The molecule has 1 aromatic rings. The average Bonchev–Trinajstić information content (AvgIpc) is 3.23. The van der Waals surface area contributed by atoms with Gasteiger partial charge in [-0.05, 0) is 25.0 Å². The molecule has 0 radical (unpaired) electrons. The lowest BCUT2D eigenvalue weighted by atomic mass is 10.2. The maximum absolute atomic E-state index is 12.8. The Morgan fingerprint density at radius 3 is 2.61 bits per heavy atom. The van der Waals surface area contributed by atoms with Crippen LogP contribution in [0.5, 0.6) is 11.5 Å². The molecule has 0 saturated carbocycles. The lowest BCUT2D eigenvalue weighted by molar-refractivity contribution is -0.145. The van der Waals surface area contributed by atoms with Crippen molar-refractivity contribution in [2.24, 2.45) is 0 Å². The number of fused-ring (bicyclic) bond motifs is 1. The second-order valence-corrected chi connectivity index (χ2v) is 7.44. The highest BCUT2D eigenvalue weighted by molar-refractivity contribution is 5.84. The Morgan fingerprint density at radius 1 is 1.11 bits per heavy atom. The van der Waals surface area contributed by atoms with Crippen LogP contribution in [0, 0.1) is 0 Å². The predicted octanol–water partition coefficient (Wildman–Crippen LogP) is 1.20. The highest BCUT2D eigenvalue weighted by atomic mass is 16.6. The van der Waals surface area contributed by atoms with Crippen molar-refractivity contribution >= 4 is 12.0 Å². The molecule has 0 spiro atoms. The standard InChI is InChI=1S/C20H27N3O5/c1-26-19(24)16-5-4-8-23(16)20(25)22-11-9-21(10-12-22)13-15-14-27-17-6-2-3-7-18(17)28-15/h2-3,6-7,15-16H,4-5,8-14H2,1H3. The van der Waals surface area contributed by atoms with Crippen LogP contribution in [0.15, 0.2) is 24.3 Å². The maximum Gasteiger partial charge on any atom is 0.328 e. The lowest BCUT2D eigenvalue weighted by Gasteiger charge is -2.39. The minimum Gasteiger partial charge on any atom is -0.486 e. The molecule has 28 heavy (non-hydrogen) atoms. The zero-order chi connectivity index (χ0) is 19.5. The third kappa shape index (κ3) is 3.87. The molecule has 3 aliphatic heterocycles. The number of para-hydroxylation sites is 2. The summed E-state index contributed by atoms with van der Waals surface area (Å²) in [7, 11) is 1.37. The van der Waals surface area contributed by atoms with Crippen molar-refractivity contribution in [2.75, 3.05) is 53.0 Å². The number of piperazine rings is 1. The summed E-state index contributed by atoms with van der Waals surface area (Å²) in [6, 6.07) is 7.21. The quantitative estimate of drug-likeness (QED) is 0.724. The van der Waals surface area contributed by atoms with E-state index in [1.165, 1.54) is 7.11 Å². The summed E-state index contributed by atoms with van der Waals surface area (Å²) in [6.45, 7) is 4.77. The van der Waals surface area contributed by atoms with E-state index in [4.69, 9.17) is 14.2 Å². The lowest BCUT2D eigenvalue weighted by Crippen LogP contribution is -2.56. The molecule has 3 heterocycles. The van der Waals surface area contributed by atoms with Crippen LogP contribution < -0.4 is 9.47 Å². The van der Waals surface area contributed by atoms with E-state index in [1.54, 1.807) is 4.90 Å². The molecule has 2 amide bonds. The van der Waals surface area contributed by atoms with E-state index < -0.39 is 6.04 Å². The van der Waals surface area contributed by atoms with Gasteiger partial charge in [-0.1, -0.05) is 12.1 Å². The molecule has 0 aliphatic carbocycles. The van der Waals surface area contributed by atoms with E-state index in [2.05, 4.69) is 4.90 Å². The zero-order valence-electron chi connectivity index (χ0n) is 16.2. The van der Waals surface area contributed by atoms with Gasteiger partial charge in [-0.3, -0.25) is 4.90 Å². The smallest absolute Gasteiger partial charge is 0.328 e. The third-order valence-corrected chi connectivity index (χ3v) is 5.64. The summed E-state index contributed by atoms with van der Waals surface area (Å²) in [4.78, 5) is 30.6. The van der Waals surface area contributed by atoms with Crippen molar-refractivity contribution in [1.82, 2.24) is 14.7 Å². The number of methoxy groups -OCH3 is 1. The van der Waals surface area contributed by atoms with Crippen molar-refractivity contribution in [3.05, 3.63) is 24.3 Å². The fourth-order valence-corrected chi connectivity index (χ4v) is 4.12. The van der Waals surface area contributed by atoms with E-state index in [-0.39, 0.29) is 18.1 Å². The van der Waals surface area contributed by atoms with Crippen LogP contribution in [0.1, 0.15) is 12.8 Å². The first-order chi connectivity index (χ1) is 13.7. The van der Waals surface area contributed by atoms with Crippen LogP contribution >= 0.6 is 0 Å². The van der Waals surface area contributed by atoms with Crippen LogP contribution in [-0.4, -0.2) is 91.8 Å². The van der Waals surface area contributed by atoms with Crippen LogP contribution in [0.2, 0.25) is 0 Å². The van der Waals surface area contributed by atoms with Crippen molar-refractivity contribution in [3.8, 4) is 11.5 Å².